The quantitative estimate of drug-likeness (QED) is 0.481. The molecule has 1 aliphatic rings. The van der Waals surface area contributed by atoms with Crippen LogP contribution in [0.5, 0.6) is 5.75 Å². The largest absolute Gasteiger partial charge is 0.492 e. The zero-order valence-corrected chi connectivity index (χ0v) is 16.9. The van der Waals surface area contributed by atoms with Crippen LogP contribution >= 0.6 is 0 Å². The van der Waals surface area contributed by atoms with Crippen molar-refractivity contribution in [2.45, 2.75) is 37.5 Å². The molecular weight excluding hydrogens is 378 g/mol. The molecule has 1 aromatic rings. The van der Waals surface area contributed by atoms with E-state index in [0.717, 1.165) is 25.7 Å². The Morgan fingerprint density at radius 1 is 1.21 bits per heavy atom. The van der Waals surface area contributed by atoms with Gasteiger partial charge in [0.2, 0.25) is 11.8 Å². The third-order valence-electron chi connectivity index (χ3n) is 4.78. The van der Waals surface area contributed by atoms with Gasteiger partial charge in [-0.05, 0) is 43.0 Å². The van der Waals surface area contributed by atoms with E-state index in [9.17, 15) is 13.8 Å². The first-order chi connectivity index (χ1) is 13.5. The van der Waals surface area contributed by atoms with Crippen LogP contribution in [0.4, 0.5) is 0 Å². The van der Waals surface area contributed by atoms with Crippen LogP contribution in [0.25, 0.3) is 0 Å². The Morgan fingerprint density at radius 3 is 2.61 bits per heavy atom. The molecule has 3 unspecified atom stereocenters. The fourth-order valence-electron chi connectivity index (χ4n) is 3.38. The second-order valence-corrected chi connectivity index (χ2v) is 8.34. The molecule has 1 aromatic carbocycles. The number of rotatable bonds is 9. The van der Waals surface area contributed by atoms with Crippen molar-refractivity contribution in [2.24, 2.45) is 11.8 Å². The van der Waals surface area contributed by atoms with Crippen molar-refractivity contribution in [3.05, 3.63) is 24.3 Å². The molecule has 0 aliphatic heterocycles. The summed E-state index contributed by atoms with van der Waals surface area (Å²) in [7, 11) is -1.20. The van der Waals surface area contributed by atoms with Gasteiger partial charge in [-0.3, -0.25) is 13.8 Å². The summed E-state index contributed by atoms with van der Waals surface area (Å²) in [4.78, 5) is 23.8. The summed E-state index contributed by atoms with van der Waals surface area (Å²) in [6, 6.07) is 9.00. The standard InChI is InChI=1S/C20H27N3O4S/c1-15(24)22-12-13-27-17-6-8-18(9-7-17)28(26)14-16-4-2-3-5-19(16)20(25)23-11-10-21/h6-9,16,19H,2-5,11-14H2,1H3,(H,22,24)(H,23,25). The van der Waals surface area contributed by atoms with Gasteiger partial charge in [-0.2, -0.15) is 5.26 Å². The van der Waals surface area contributed by atoms with Crippen LogP contribution in [0.2, 0.25) is 0 Å². The molecule has 8 heteroatoms. The number of benzene rings is 1. The Bertz CT molecular complexity index is 730. The van der Waals surface area contributed by atoms with Crippen LogP contribution in [-0.2, 0) is 20.4 Å². The molecule has 1 fully saturated rings. The zero-order chi connectivity index (χ0) is 20.4. The Balaban J connectivity index is 1.89. The maximum absolute atomic E-state index is 12.8. The van der Waals surface area contributed by atoms with Crippen molar-refractivity contribution < 1.29 is 18.5 Å². The molecule has 2 N–H and O–H groups in total. The van der Waals surface area contributed by atoms with Crippen LogP contribution in [0.3, 0.4) is 0 Å². The van der Waals surface area contributed by atoms with Gasteiger partial charge >= 0.3 is 0 Å². The summed E-state index contributed by atoms with van der Waals surface area (Å²) in [5.41, 5.74) is 0. The molecule has 0 spiro atoms. The molecule has 152 valence electrons. The van der Waals surface area contributed by atoms with Gasteiger partial charge in [0.05, 0.1) is 23.4 Å². The molecule has 3 atom stereocenters. The van der Waals surface area contributed by atoms with Crippen LogP contribution in [0, 0.1) is 23.2 Å². The number of nitrogens with one attached hydrogen (secondary N) is 2. The number of carbonyl (C=O) groups is 2. The second-order valence-electron chi connectivity index (χ2n) is 6.84. The SMILES string of the molecule is CC(=O)NCCOc1ccc(S(=O)CC2CCCCC2C(=O)NCC#N)cc1. The number of carbonyl (C=O) groups excluding carboxylic acids is 2. The maximum Gasteiger partial charge on any atom is 0.224 e. The molecule has 7 nitrogen and oxygen atoms in total. The van der Waals surface area contributed by atoms with Crippen molar-refractivity contribution >= 4 is 22.6 Å². The highest BCUT2D eigenvalue weighted by Crippen LogP contribution is 2.32. The Kier molecular flexibility index (Phi) is 8.95. The lowest BCUT2D eigenvalue weighted by Crippen LogP contribution is -2.38. The molecule has 0 heterocycles. The molecule has 2 rings (SSSR count). The van der Waals surface area contributed by atoms with Gasteiger partial charge < -0.3 is 15.4 Å². The van der Waals surface area contributed by atoms with E-state index < -0.39 is 10.8 Å². The van der Waals surface area contributed by atoms with Crippen LogP contribution < -0.4 is 15.4 Å². The Labute approximate surface area is 168 Å². The topological polar surface area (TPSA) is 108 Å². The molecular formula is C20H27N3O4S. The van der Waals surface area contributed by atoms with E-state index in [1.54, 1.807) is 24.3 Å². The predicted octanol–water partition coefficient (Wildman–Crippen LogP) is 1.76. The van der Waals surface area contributed by atoms with Crippen LogP contribution in [0.1, 0.15) is 32.6 Å². The zero-order valence-electron chi connectivity index (χ0n) is 16.1. The van der Waals surface area contributed by atoms with E-state index in [1.807, 2.05) is 6.07 Å². The van der Waals surface area contributed by atoms with E-state index in [1.165, 1.54) is 6.92 Å². The first-order valence-corrected chi connectivity index (χ1v) is 10.8. The summed E-state index contributed by atoms with van der Waals surface area (Å²) >= 11 is 0. The van der Waals surface area contributed by atoms with E-state index in [-0.39, 0.29) is 30.2 Å². The number of nitrogens with zero attached hydrogens (tertiary/aromatic N) is 1. The average molecular weight is 406 g/mol. The highest BCUT2D eigenvalue weighted by atomic mass is 32.2. The summed E-state index contributed by atoms with van der Waals surface area (Å²) < 4.78 is 18.3. The minimum atomic E-state index is -1.20. The third kappa shape index (κ3) is 6.97. The van der Waals surface area contributed by atoms with Gasteiger partial charge in [-0.25, -0.2) is 0 Å². The van der Waals surface area contributed by atoms with E-state index in [0.29, 0.717) is 29.5 Å². The van der Waals surface area contributed by atoms with E-state index in [2.05, 4.69) is 10.6 Å². The first kappa shape index (κ1) is 21.9. The Morgan fingerprint density at radius 2 is 1.93 bits per heavy atom. The summed E-state index contributed by atoms with van der Waals surface area (Å²) in [5.74, 6) is 0.762. The molecule has 0 saturated heterocycles. The van der Waals surface area contributed by atoms with Crippen molar-refractivity contribution in [1.29, 1.82) is 5.26 Å². The van der Waals surface area contributed by atoms with Gasteiger partial charge in [0, 0.05) is 23.5 Å². The van der Waals surface area contributed by atoms with Gasteiger partial charge in [0.15, 0.2) is 0 Å². The number of hydrogen-bond acceptors (Lipinski definition) is 5. The van der Waals surface area contributed by atoms with Crippen LogP contribution in [-0.4, -0.2) is 41.5 Å². The van der Waals surface area contributed by atoms with E-state index >= 15 is 0 Å². The van der Waals surface area contributed by atoms with Crippen molar-refractivity contribution in [3.63, 3.8) is 0 Å². The molecule has 0 radical (unpaired) electrons. The molecule has 1 aliphatic carbocycles. The predicted molar refractivity (Wildman–Crippen MR) is 106 cm³/mol. The average Bonchev–Trinajstić information content (AvgIpc) is 2.70. The lowest BCUT2D eigenvalue weighted by Gasteiger charge is -2.30. The van der Waals surface area contributed by atoms with Crippen molar-refractivity contribution in [2.75, 3.05) is 25.4 Å². The molecule has 0 bridgehead atoms. The lowest BCUT2D eigenvalue weighted by molar-refractivity contribution is -0.127. The van der Waals surface area contributed by atoms with Gasteiger partial charge in [0.25, 0.3) is 0 Å². The third-order valence-corrected chi connectivity index (χ3v) is 6.31. The van der Waals surface area contributed by atoms with Gasteiger partial charge in [-0.15, -0.1) is 0 Å². The summed E-state index contributed by atoms with van der Waals surface area (Å²) in [6.07, 6.45) is 3.67. The fourth-order valence-corrected chi connectivity index (χ4v) is 4.80. The normalized spacial score (nSPS) is 19.9. The molecule has 2 amide bonds. The summed E-state index contributed by atoms with van der Waals surface area (Å²) in [5, 5.41) is 13.9. The first-order valence-electron chi connectivity index (χ1n) is 9.51. The number of ether oxygens (including phenoxy) is 1. The fraction of sp³-hybridized carbons (Fsp3) is 0.550. The number of hydrogen-bond donors (Lipinski definition) is 2. The highest BCUT2D eigenvalue weighted by Gasteiger charge is 2.32. The Hall–Kier alpha value is -2.40. The monoisotopic (exact) mass is 405 g/mol. The minimum Gasteiger partial charge on any atom is -0.492 e. The lowest BCUT2D eigenvalue weighted by atomic mass is 9.80. The van der Waals surface area contributed by atoms with Crippen molar-refractivity contribution in [1.82, 2.24) is 10.6 Å². The second kappa shape index (κ2) is 11.4. The van der Waals surface area contributed by atoms with E-state index in [4.69, 9.17) is 10.00 Å². The summed E-state index contributed by atoms with van der Waals surface area (Å²) in [6.45, 7) is 2.26. The smallest absolute Gasteiger partial charge is 0.224 e. The number of nitriles is 1. The van der Waals surface area contributed by atoms with Gasteiger partial charge in [0.1, 0.15) is 18.9 Å². The molecule has 28 heavy (non-hydrogen) atoms. The highest BCUT2D eigenvalue weighted by molar-refractivity contribution is 7.85. The number of amides is 2. The van der Waals surface area contributed by atoms with Crippen LogP contribution in [0.15, 0.2) is 29.2 Å². The van der Waals surface area contributed by atoms with Gasteiger partial charge in [-0.1, -0.05) is 12.8 Å². The maximum atomic E-state index is 12.8. The minimum absolute atomic E-state index is 0.00847. The van der Waals surface area contributed by atoms with Crippen molar-refractivity contribution in [3.8, 4) is 11.8 Å². The molecule has 1 saturated carbocycles. The molecule has 0 aromatic heterocycles.